The van der Waals surface area contributed by atoms with Gasteiger partial charge in [-0.25, -0.2) is 0 Å². The van der Waals surface area contributed by atoms with Crippen LogP contribution in [0.1, 0.15) is 130 Å². The van der Waals surface area contributed by atoms with Gasteiger partial charge in [0.1, 0.15) is 5.60 Å². The van der Waals surface area contributed by atoms with E-state index < -0.39 is 0 Å². The van der Waals surface area contributed by atoms with Crippen molar-refractivity contribution in [1.29, 1.82) is 0 Å². The van der Waals surface area contributed by atoms with Crippen molar-refractivity contribution in [1.82, 2.24) is 0 Å². The molecule has 1 aliphatic carbocycles. The van der Waals surface area contributed by atoms with E-state index in [1.165, 1.54) is 70.6 Å². The van der Waals surface area contributed by atoms with Crippen LogP contribution < -0.4 is 0 Å². The summed E-state index contributed by atoms with van der Waals surface area (Å²) < 4.78 is 5.77. The monoisotopic (exact) mass is 378 g/mol. The van der Waals surface area contributed by atoms with Crippen LogP contribution >= 0.6 is 0 Å². The van der Waals surface area contributed by atoms with Crippen LogP contribution in [-0.2, 0) is 9.53 Å². The maximum atomic E-state index is 12.0. The van der Waals surface area contributed by atoms with E-state index in [4.69, 9.17) is 4.74 Å². The molecule has 1 aliphatic rings. The lowest BCUT2D eigenvalue weighted by atomic mass is 10.1. The van der Waals surface area contributed by atoms with E-state index >= 15 is 0 Å². The third-order valence-electron chi connectivity index (χ3n) is 6.02. The van der Waals surface area contributed by atoms with Gasteiger partial charge in [0.2, 0.25) is 0 Å². The van der Waals surface area contributed by atoms with Crippen LogP contribution in [0.4, 0.5) is 0 Å². The van der Waals surface area contributed by atoms with Crippen LogP contribution in [0, 0.1) is 5.92 Å². The lowest BCUT2D eigenvalue weighted by Crippen LogP contribution is -2.21. The Morgan fingerprint density at radius 2 is 1.37 bits per heavy atom. The second-order valence-electron chi connectivity index (χ2n) is 8.73. The second-order valence-corrected chi connectivity index (χ2v) is 8.73. The molecule has 0 N–H and O–H groups in total. The minimum absolute atomic E-state index is 0.0328. The Kier molecular flexibility index (Phi) is 13.6. The number of hydrogen-bond donors (Lipinski definition) is 0. The molecule has 0 spiro atoms. The Labute approximate surface area is 169 Å². The third kappa shape index (κ3) is 11.6. The van der Waals surface area contributed by atoms with E-state index in [0.29, 0.717) is 12.3 Å². The van der Waals surface area contributed by atoms with Gasteiger partial charge in [0.15, 0.2) is 0 Å². The molecule has 0 aromatic heterocycles. The first-order chi connectivity index (χ1) is 13.1. The molecule has 1 fully saturated rings. The van der Waals surface area contributed by atoms with E-state index in [2.05, 4.69) is 32.9 Å². The molecule has 2 unspecified atom stereocenters. The van der Waals surface area contributed by atoms with Gasteiger partial charge in [-0.1, -0.05) is 90.7 Å². The Hall–Kier alpha value is -0.790. The largest absolute Gasteiger partial charge is 0.459 e. The van der Waals surface area contributed by atoms with E-state index in [9.17, 15) is 4.79 Å². The molecule has 2 atom stereocenters. The number of carbonyl (C=O) groups is 1. The van der Waals surface area contributed by atoms with Crippen molar-refractivity contribution in [3.05, 3.63) is 12.2 Å². The fourth-order valence-electron chi connectivity index (χ4n) is 4.04. The number of esters is 1. The highest BCUT2D eigenvalue weighted by Crippen LogP contribution is 2.50. The van der Waals surface area contributed by atoms with Crippen LogP contribution in [0.25, 0.3) is 0 Å². The predicted octanol–water partition coefficient (Wildman–Crippen LogP) is 8.15. The van der Waals surface area contributed by atoms with Crippen LogP contribution in [0.15, 0.2) is 12.2 Å². The normalized spacial score (nSPS) is 21.7. The lowest BCUT2D eigenvalue weighted by molar-refractivity contribution is -0.152. The molecule has 0 radical (unpaired) electrons. The third-order valence-corrected chi connectivity index (χ3v) is 6.02. The molecule has 0 bridgehead atoms. The van der Waals surface area contributed by atoms with Crippen molar-refractivity contribution in [3.63, 3.8) is 0 Å². The van der Waals surface area contributed by atoms with Crippen molar-refractivity contribution in [3.8, 4) is 0 Å². The summed E-state index contributed by atoms with van der Waals surface area (Å²) in [5, 5.41) is 0. The quantitative estimate of drug-likeness (QED) is 0.137. The average molecular weight is 379 g/mol. The Morgan fingerprint density at radius 3 is 1.89 bits per heavy atom. The summed E-state index contributed by atoms with van der Waals surface area (Å²) in [5.74, 6) is 0.598. The first kappa shape index (κ1) is 24.2. The summed E-state index contributed by atoms with van der Waals surface area (Å²) in [7, 11) is 0. The van der Waals surface area contributed by atoms with E-state index in [1.54, 1.807) is 0 Å². The van der Waals surface area contributed by atoms with Gasteiger partial charge >= 0.3 is 5.97 Å². The molecule has 0 aromatic rings. The summed E-state index contributed by atoms with van der Waals surface area (Å²) in [6, 6.07) is 0. The van der Waals surface area contributed by atoms with Crippen LogP contribution in [-0.4, -0.2) is 11.6 Å². The Balaban J connectivity index is 1.85. The van der Waals surface area contributed by atoms with Crippen molar-refractivity contribution in [2.24, 2.45) is 5.92 Å². The molecule has 0 saturated heterocycles. The van der Waals surface area contributed by atoms with Gasteiger partial charge in [0, 0.05) is 6.42 Å². The molecular weight excluding hydrogens is 332 g/mol. The van der Waals surface area contributed by atoms with Gasteiger partial charge in [-0.05, 0) is 50.9 Å². The van der Waals surface area contributed by atoms with Gasteiger partial charge in [0.25, 0.3) is 0 Å². The predicted molar refractivity (Wildman–Crippen MR) is 117 cm³/mol. The van der Waals surface area contributed by atoms with Crippen molar-refractivity contribution in [2.45, 2.75) is 136 Å². The Morgan fingerprint density at radius 1 is 0.852 bits per heavy atom. The highest BCUT2D eigenvalue weighted by Gasteiger charge is 2.53. The minimum Gasteiger partial charge on any atom is -0.459 e. The number of hydrogen-bond acceptors (Lipinski definition) is 2. The highest BCUT2D eigenvalue weighted by atomic mass is 16.6. The zero-order chi connectivity index (χ0) is 19.8. The summed E-state index contributed by atoms with van der Waals surface area (Å²) >= 11 is 0. The summed E-state index contributed by atoms with van der Waals surface area (Å²) in [5.41, 5.74) is -0.0896. The molecule has 27 heavy (non-hydrogen) atoms. The minimum atomic E-state index is -0.0896. The van der Waals surface area contributed by atoms with Crippen molar-refractivity contribution < 1.29 is 9.53 Å². The standard InChI is InChI=1S/C25H46O2/c1-4-6-7-8-9-10-11-12-13-14-15-16-17-18-19-20-24(26)27-25(21-5-2)22-23(25)3/h12-13,23H,4-11,14-22H2,1-3H3. The van der Waals surface area contributed by atoms with Gasteiger partial charge in [0.05, 0.1) is 0 Å². The molecule has 1 saturated carbocycles. The molecule has 0 aromatic carbocycles. The van der Waals surface area contributed by atoms with Crippen LogP contribution in [0.3, 0.4) is 0 Å². The molecule has 2 nitrogen and oxygen atoms in total. The van der Waals surface area contributed by atoms with E-state index in [0.717, 1.165) is 32.1 Å². The first-order valence-electron chi connectivity index (χ1n) is 12.0. The SMILES string of the molecule is CCCCCCCCC=CCCCCCCCC(=O)OC1(CCC)CC1C. The van der Waals surface area contributed by atoms with Gasteiger partial charge in [-0.15, -0.1) is 0 Å². The first-order valence-corrected chi connectivity index (χ1v) is 12.0. The van der Waals surface area contributed by atoms with E-state index in [1.807, 2.05) is 0 Å². The summed E-state index contributed by atoms with van der Waals surface area (Å²) in [6.45, 7) is 6.64. The average Bonchev–Trinajstić information content (AvgIpc) is 3.26. The topological polar surface area (TPSA) is 26.3 Å². The number of allylic oxidation sites excluding steroid dienone is 2. The number of unbranched alkanes of at least 4 members (excludes halogenated alkanes) is 11. The highest BCUT2D eigenvalue weighted by molar-refractivity contribution is 5.70. The van der Waals surface area contributed by atoms with Crippen molar-refractivity contribution >= 4 is 5.97 Å². The molecule has 0 amide bonds. The molecule has 158 valence electrons. The van der Waals surface area contributed by atoms with E-state index in [-0.39, 0.29) is 11.6 Å². The number of carbonyl (C=O) groups excluding carboxylic acids is 1. The molecular formula is C25H46O2. The fraction of sp³-hybridized carbons (Fsp3) is 0.880. The van der Waals surface area contributed by atoms with Gasteiger partial charge in [-0.2, -0.15) is 0 Å². The maximum absolute atomic E-state index is 12.0. The Bertz CT molecular complexity index is 401. The number of rotatable bonds is 18. The van der Waals surface area contributed by atoms with Crippen LogP contribution in [0.2, 0.25) is 0 Å². The summed E-state index contributed by atoms with van der Waals surface area (Å²) in [6.07, 6.45) is 25.3. The lowest BCUT2D eigenvalue weighted by Gasteiger charge is -2.17. The second kappa shape index (κ2) is 15.2. The van der Waals surface area contributed by atoms with Gasteiger partial charge in [-0.3, -0.25) is 4.79 Å². The molecule has 0 heterocycles. The molecule has 1 rings (SSSR count). The molecule has 2 heteroatoms. The molecule has 0 aliphatic heterocycles. The maximum Gasteiger partial charge on any atom is 0.306 e. The van der Waals surface area contributed by atoms with Gasteiger partial charge < -0.3 is 4.74 Å². The zero-order valence-corrected chi connectivity index (χ0v) is 18.6. The smallest absolute Gasteiger partial charge is 0.306 e. The van der Waals surface area contributed by atoms with Crippen molar-refractivity contribution in [2.75, 3.05) is 0 Å². The summed E-state index contributed by atoms with van der Waals surface area (Å²) in [4.78, 5) is 12.0. The zero-order valence-electron chi connectivity index (χ0n) is 18.6. The number of ether oxygens (including phenoxy) is 1. The fourth-order valence-corrected chi connectivity index (χ4v) is 4.04. The van der Waals surface area contributed by atoms with Crippen LogP contribution in [0.5, 0.6) is 0 Å².